The van der Waals surface area contributed by atoms with Crippen LogP contribution in [-0.2, 0) is 13.0 Å². The van der Waals surface area contributed by atoms with E-state index in [1.165, 1.54) is 33.9 Å². The van der Waals surface area contributed by atoms with Crippen molar-refractivity contribution in [3.63, 3.8) is 0 Å². The fourth-order valence-corrected chi connectivity index (χ4v) is 4.85. The normalized spacial score (nSPS) is 20.0. The maximum Gasteiger partial charge on any atom is 0.0728 e. The predicted octanol–water partition coefficient (Wildman–Crippen LogP) is 3.64. The average Bonchev–Trinajstić information content (AvgIpc) is 3.01. The van der Waals surface area contributed by atoms with Gasteiger partial charge in [-0.2, -0.15) is 0 Å². The molecule has 1 aliphatic carbocycles. The Morgan fingerprint density at radius 1 is 1.00 bits per heavy atom. The first-order valence-electron chi connectivity index (χ1n) is 9.11. The molecule has 1 aromatic carbocycles. The zero-order chi connectivity index (χ0) is 17.0. The highest BCUT2D eigenvalue weighted by atomic mass is 79.9. The van der Waals surface area contributed by atoms with E-state index in [4.69, 9.17) is 0 Å². The van der Waals surface area contributed by atoms with Gasteiger partial charge in [0, 0.05) is 38.1 Å². The molecule has 0 radical (unpaired) electrons. The predicted molar refractivity (Wildman–Crippen MR) is 106 cm³/mol. The van der Waals surface area contributed by atoms with Crippen LogP contribution in [0.4, 0.5) is 5.69 Å². The third-order valence-electron chi connectivity index (χ3n) is 5.73. The van der Waals surface area contributed by atoms with Crippen LogP contribution in [0.2, 0.25) is 0 Å². The molecule has 3 aliphatic rings. The zero-order valence-corrected chi connectivity index (χ0v) is 16.2. The molecule has 0 bridgehead atoms. The molecular formula is C20H23BrN4. The van der Waals surface area contributed by atoms with E-state index in [0.717, 1.165) is 45.6 Å². The first kappa shape index (κ1) is 15.5. The Kier molecular flexibility index (Phi) is 3.68. The van der Waals surface area contributed by atoms with E-state index in [0.29, 0.717) is 0 Å². The van der Waals surface area contributed by atoms with Crippen molar-refractivity contribution in [2.45, 2.75) is 19.4 Å². The summed E-state index contributed by atoms with van der Waals surface area (Å²) in [5, 5.41) is 0. The van der Waals surface area contributed by atoms with Crippen LogP contribution in [0.15, 0.2) is 36.5 Å². The first-order chi connectivity index (χ1) is 12.2. The monoisotopic (exact) mass is 398 g/mol. The number of anilines is 1. The number of likely N-dealkylation sites (N-methyl/N-ethyl adjacent to an activating group) is 1. The van der Waals surface area contributed by atoms with E-state index in [2.05, 4.69) is 78.0 Å². The van der Waals surface area contributed by atoms with Crippen molar-refractivity contribution < 1.29 is 0 Å². The number of allylic oxidation sites excluding steroid dienone is 1. The highest BCUT2D eigenvalue weighted by molar-refractivity contribution is 9.07. The molecule has 1 fully saturated rings. The van der Waals surface area contributed by atoms with Gasteiger partial charge in [-0.05, 0) is 55.3 Å². The van der Waals surface area contributed by atoms with Gasteiger partial charge in [-0.15, -0.1) is 0 Å². The molecule has 0 atom stereocenters. The third-order valence-corrected chi connectivity index (χ3v) is 6.36. The quantitative estimate of drug-likeness (QED) is 0.681. The molecule has 2 aromatic rings. The van der Waals surface area contributed by atoms with E-state index >= 15 is 0 Å². The second-order valence-corrected chi connectivity index (χ2v) is 8.17. The van der Waals surface area contributed by atoms with Crippen LogP contribution < -0.4 is 4.90 Å². The summed E-state index contributed by atoms with van der Waals surface area (Å²) in [4.78, 5) is 4.92. The number of rotatable bonds is 1. The lowest BCUT2D eigenvalue weighted by Crippen LogP contribution is -2.44. The third kappa shape index (κ3) is 2.52. The summed E-state index contributed by atoms with van der Waals surface area (Å²) in [6, 6.07) is 9.28. The highest BCUT2D eigenvalue weighted by Crippen LogP contribution is 2.39. The Hall–Kier alpha value is -1.72. The lowest BCUT2D eigenvalue weighted by atomic mass is 10.0. The first-order valence-corrected chi connectivity index (χ1v) is 9.82. The van der Waals surface area contributed by atoms with Crippen molar-refractivity contribution in [3.8, 4) is 5.69 Å². The summed E-state index contributed by atoms with van der Waals surface area (Å²) >= 11 is 3.82. The Morgan fingerprint density at radius 3 is 2.68 bits per heavy atom. The van der Waals surface area contributed by atoms with Gasteiger partial charge >= 0.3 is 0 Å². The number of piperazine rings is 1. The molecule has 5 heteroatoms. The van der Waals surface area contributed by atoms with E-state index < -0.39 is 0 Å². The van der Waals surface area contributed by atoms with Crippen LogP contribution in [0.25, 0.3) is 11.4 Å². The standard InChI is InChI=1S/C20H23BrN4/c1-22-9-11-23(12-10-22)17-5-6-18-16(13-17)14-25(21)19-4-2-3-15-7-8-24(18)20(15)19/h4-8,13H,2-3,9-12,14H2,1H3. The fourth-order valence-electron chi connectivity index (χ4n) is 4.27. The molecule has 0 spiro atoms. The number of aryl methyl sites for hydroxylation is 1. The van der Waals surface area contributed by atoms with Crippen molar-refractivity contribution in [1.29, 1.82) is 0 Å². The fraction of sp³-hybridized carbons (Fsp3) is 0.400. The van der Waals surface area contributed by atoms with Crippen molar-refractivity contribution in [2.75, 3.05) is 38.1 Å². The summed E-state index contributed by atoms with van der Waals surface area (Å²) in [5.41, 5.74) is 8.16. The lowest BCUT2D eigenvalue weighted by Gasteiger charge is -2.34. The second-order valence-electron chi connectivity index (χ2n) is 7.31. The maximum absolute atomic E-state index is 3.82. The van der Waals surface area contributed by atoms with Crippen molar-refractivity contribution in [1.82, 2.24) is 13.4 Å². The Balaban J connectivity index is 1.58. The molecule has 0 saturated carbocycles. The summed E-state index contributed by atoms with van der Waals surface area (Å²) in [7, 11) is 2.21. The maximum atomic E-state index is 3.82. The number of nitrogens with zero attached hydrogens (tertiary/aromatic N) is 4. The molecule has 1 saturated heterocycles. The number of fused-ring (bicyclic) bond motifs is 2. The second kappa shape index (κ2) is 5.92. The number of aromatic nitrogens is 1. The van der Waals surface area contributed by atoms with E-state index in [1.807, 2.05) is 0 Å². The van der Waals surface area contributed by atoms with Gasteiger partial charge in [0.2, 0.25) is 0 Å². The smallest absolute Gasteiger partial charge is 0.0728 e. The molecule has 0 N–H and O–H groups in total. The Bertz CT molecular complexity index is 845. The molecule has 0 unspecified atom stereocenters. The van der Waals surface area contributed by atoms with Crippen LogP contribution >= 0.6 is 16.1 Å². The van der Waals surface area contributed by atoms with Gasteiger partial charge in [-0.25, -0.2) is 0 Å². The van der Waals surface area contributed by atoms with Crippen LogP contribution in [0.3, 0.4) is 0 Å². The number of hydrogen-bond acceptors (Lipinski definition) is 3. The van der Waals surface area contributed by atoms with Gasteiger partial charge in [0.1, 0.15) is 0 Å². The molecule has 4 nitrogen and oxygen atoms in total. The number of halogens is 1. The zero-order valence-electron chi connectivity index (χ0n) is 14.6. The van der Waals surface area contributed by atoms with Gasteiger partial charge < -0.3 is 18.3 Å². The van der Waals surface area contributed by atoms with Crippen molar-refractivity contribution >= 4 is 27.5 Å². The van der Waals surface area contributed by atoms with Crippen LogP contribution in [-0.4, -0.2) is 46.6 Å². The van der Waals surface area contributed by atoms with E-state index in [9.17, 15) is 0 Å². The number of benzene rings is 1. The molecule has 25 heavy (non-hydrogen) atoms. The highest BCUT2D eigenvalue weighted by Gasteiger charge is 2.27. The van der Waals surface area contributed by atoms with Crippen molar-refractivity contribution in [2.24, 2.45) is 0 Å². The van der Waals surface area contributed by atoms with E-state index in [-0.39, 0.29) is 0 Å². The Labute approximate surface area is 157 Å². The minimum Gasteiger partial charge on any atom is -0.369 e. The molecule has 5 rings (SSSR count). The lowest BCUT2D eigenvalue weighted by molar-refractivity contribution is 0.313. The van der Waals surface area contributed by atoms with Gasteiger partial charge in [0.15, 0.2) is 0 Å². The summed E-state index contributed by atoms with van der Waals surface area (Å²) in [5.74, 6) is 0. The van der Waals surface area contributed by atoms with Crippen LogP contribution in [0.5, 0.6) is 0 Å². The largest absolute Gasteiger partial charge is 0.369 e. The number of hydrogen-bond donors (Lipinski definition) is 0. The molecule has 130 valence electrons. The van der Waals surface area contributed by atoms with E-state index in [1.54, 1.807) is 0 Å². The van der Waals surface area contributed by atoms with Gasteiger partial charge in [-0.3, -0.25) is 0 Å². The van der Waals surface area contributed by atoms with Gasteiger partial charge in [0.25, 0.3) is 0 Å². The molecule has 1 aromatic heterocycles. The minimum absolute atomic E-state index is 0.893. The summed E-state index contributed by atoms with van der Waals surface area (Å²) in [6.07, 6.45) is 6.86. The molecule has 2 aliphatic heterocycles. The van der Waals surface area contributed by atoms with Crippen molar-refractivity contribution in [3.05, 3.63) is 53.4 Å². The van der Waals surface area contributed by atoms with Crippen LogP contribution in [0.1, 0.15) is 23.2 Å². The van der Waals surface area contributed by atoms with Gasteiger partial charge in [0.05, 0.1) is 39.8 Å². The SMILES string of the molecule is CN1CCN(c2ccc3c(c2)CN(Br)C2=CCCc4ccn-3c42)CC1. The summed E-state index contributed by atoms with van der Waals surface area (Å²) < 4.78 is 4.62. The summed E-state index contributed by atoms with van der Waals surface area (Å²) in [6.45, 7) is 5.39. The molecule has 3 heterocycles. The van der Waals surface area contributed by atoms with Gasteiger partial charge in [-0.1, -0.05) is 6.08 Å². The van der Waals surface area contributed by atoms with Crippen LogP contribution in [0, 0.1) is 0 Å². The Morgan fingerprint density at radius 2 is 1.84 bits per heavy atom. The molecular weight excluding hydrogens is 376 g/mol. The topological polar surface area (TPSA) is 14.7 Å². The average molecular weight is 399 g/mol. The molecule has 0 amide bonds. The minimum atomic E-state index is 0.893.